The lowest BCUT2D eigenvalue weighted by atomic mass is 9.92. The zero-order valence-corrected chi connectivity index (χ0v) is 11.5. The predicted molar refractivity (Wildman–Crippen MR) is 69.9 cm³/mol. The third-order valence-corrected chi connectivity index (χ3v) is 4.73. The number of nitrogens with one attached hydrogen (secondary N) is 1. The van der Waals surface area contributed by atoms with Gasteiger partial charge in [0.15, 0.2) is 0 Å². The molecule has 1 aliphatic rings. The summed E-state index contributed by atoms with van der Waals surface area (Å²) in [6.07, 6.45) is 2.27. The van der Waals surface area contributed by atoms with E-state index in [4.69, 9.17) is 10.6 Å². The fourth-order valence-electron chi connectivity index (χ4n) is 2.43. The number of hydrazine groups is 1. The highest BCUT2D eigenvalue weighted by molar-refractivity contribution is 7.11. The van der Waals surface area contributed by atoms with Crippen LogP contribution in [0.25, 0.3) is 0 Å². The minimum atomic E-state index is 0.262. The van der Waals surface area contributed by atoms with E-state index in [-0.39, 0.29) is 6.04 Å². The summed E-state index contributed by atoms with van der Waals surface area (Å²) in [5.74, 6) is 6.17. The fraction of sp³-hybridized carbons (Fsp3) is 0.750. The third-order valence-electron chi connectivity index (χ3n) is 3.63. The monoisotopic (exact) mass is 255 g/mol. The second-order valence-corrected chi connectivity index (χ2v) is 6.04. The van der Waals surface area contributed by atoms with Gasteiger partial charge in [-0.05, 0) is 27.2 Å². The fourth-order valence-corrected chi connectivity index (χ4v) is 3.42. The van der Waals surface area contributed by atoms with E-state index in [1.54, 1.807) is 11.3 Å². The highest BCUT2D eigenvalue weighted by Gasteiger charge is 2.31. The molecule has 17 heavy (non-hydrogen) atoms. The van der Waals surface area contributed by atoms with Crippen LogP contribution < -0.4 is 11.3 Å². The summed E-state index contributed by atoms with van der Waals surface area (Å²) < 4.78 is 5.60. The van der Waals surface area contributed by atoms with Crippen molar-refractivity contribution >= 4 is 11.3 Å². The van der Waals surface area contributed by atoms with E-state index in [2.05, 4.69) is 31.2 Å². The molecule has 3 atom stereocenters. The Kier molecular flexibility index (Phi) is 4.14. The van der Waals surface area contributed by atoms with Gasteiger partial charge in [0.05, 0.1) is 16.8 Å². The van der Waals surface area contributed by atoms with Crippen LogP contribution in [0, 0.1) is 19.8 Å². The molecule has 5 heteroatoms. The molecule has 3 N–H and O–H groups in total. The van der Waals surface area contributed by atoms with E-state index < -0.39 is 0 Å². The van der Waals surface area contributed by atoms with Crippen molar-refractivity contribution in [1.82, 2.24) is 10.4 Å². The van der Waals surface area contributed by atoms with Gasteiger partial charge in [0.2, 0.25) is 0 Å². The molecule has 0 aromatic carbocycles. The van der Waals surface area contributed by atoms with Crippen molar-refractivity contribution in [3.8, 4) is 0 Å². The highest BCUT2D eigenvalue weighted by atomic mass is 32.1. The van der Waals surface area contributed by atoms with Crippen LogP contribution in [0.5, 0.6) is 0 Å². The average molecular weight is 255 g/mol. The number of thiazole rings is 1. The molecule has 1 fully saturated rings. The lowest BCUT2D eigenvalue weighted by Gasteiger charge is -2.24. The number of rotatable bonds is 4. The number of nitrogens with zero attached hydrogens (tertiary/aromatic N) is 1. The zero-order valence-electron chi connectivity index (χ0n) is 10.7. The molecule has 0 aliphatic carbocycles. The lowest BCUT2D eigenvalue weighted by Crippen LogP contribution is -2.44. The van der Waals surface area contributed by atoms with E-state index in [9.17, 15) is 0 Å². The van der Waals surface area contributed by atoms with Gasteiger partial charge in [-0.25, -0.2) is 4.98 Å². The molecule has 2 rings (SSSR count). The van der Waals surface area contributed by atoms with Crippen LogP contribution in [-0.4, -0.2) is 23.7 Å². The number of hydrogen-bond acceptors (Lipinski definition) is 5. The molecule has 1 saturated heterocycles. The van der Waals surface area contributed by atoms with Crippen molar-refractivity contribution in [1.29, 1.82) is 0 Å². The second kappa shape index (κ2) is 5.44. The molecule has 1 aromatic rings. The first-order valence-corrected chi connectivity index (χ1v) is 6.94. The van der Waals surface area contributed by atoms with Gasteiger partial charge in [-0.3, -0.25) is 11.3 Å². The molecule has 1 aromatic heterocycles. The first-order valence-electron chi connectivity index (χ1n) is 6.12. The molecule has 4 nitrogen and oxygen atoms in total. The Morgan fingerprint density at radius 2 is 2.35 bits per heavy atom. The van der Waals surface area contributed by atoms with Crippen LogP contribution in [-0.2, 0) is 11.2 Å². The van der Waals surface area contributed by atoms with Crippen LogP contribution in [0.4, 0.5) is 0 Å². The Morgan fingerprint density at radius 3 is 2.82 bits per heavy atom. The van der Waals surface area contributed by atoms with Gasteiger partial charge in [0, 0.05) is 29.9 Å². The summed E-state index contributed by atoms with van der Waals surface area (Å²) in [5, 5.41) is 1.17. The zero-order chi connectivity index (χ0) is 12.4. The predicted octanol–water partition coefficient (Wildman–Crippen LogP) is 1.56. The molecular weight excluding hydrogens is 234 g/mol. The maximum atomic E-state index is 5.68. The van der Waals surface area contributed by atoms with Crippen LogP contribution in [0.15, 0.2) is 0 Å². The summed E-state index contributed by atoms with van der Waals surface area (Å²) in [6.45, 7) is 7.14. The van der Waals surface area contributed by atoms with Crippen molar-refractivity contribution in [3.63, 3.8) is 0 Å². The summed E-state index contributed by atoms with van der Waals surface area (Å²) in [6, 6.07) is 0.262. The van der Waals surface area contributed by atoms with Crippen LogP contribution in [0.2, 0.25) is 0 Å². The van der Waals surface area contributed by atoms with Gasteiger partial charge in [0.1, 0.15) is 0 Å². The van der Waals surface area contributed by atoms with Crippen LogP contribution in [0.1, 0.15) is 28.9 Å². The van der Waals surface area contributed by atoms with Gasteiger partial charge in [0.25, 0.3) is 0 Å². The van der Waals surface area contributed by atoms with Crippen molar-refractivity contribution in [3.05, 3.63) is 15.6 Å². The molecule has 1 aliphatic heterocycles. The summed E-state index contributed by atoms with van der Waals surface area (Å²) in [5.41, 5.74) is 4.07. The third kappa shape index (κ3) is 2.85. The first-order chi connectivity index (χ1) is 8.11. The van der Waals surface area contributed by atoms with Gasteiger partial charge in [-0.15, -0.1) is 11.3 Å². The maximum absolute atomic E-state index is 5.68. The second-order valence-electron chi connectivity index (χ2n) is 4.75. The number of aromatic nitrogens is 1. The first kappa shape index (κ1) is 13.0. The molecule has 0 radical (unpaired) electrons. The van der Waals surface area contributed by atoms with Gasteiger partial charge < -0.3 is 4.74 Å². The topological polar surface area (TPSA) is 60.2 Å². The number of nitrogens with two attached hydrogens (primary N) is 1. The van der Waals surface area contributed by atoms with E-state index in [1.165, 1.54) is 9.88 Å². The van der Waals surface area contributed by atoms with E-state index in [0.29, 0.717) is 12.0 Å². The van der Waals surface area contributed by atoms with E-state index in [0.717, 1.165) is 25.1 Å². The van der Waals surface area contributed by atoms with Crippen LogP contribution >= 0.6 is 11.3 Å². The van der Waals surface area contributed by atoms with E-state index >= 15 is 0 Å². The molecule has 0 spiro atoms. The van der Waals surface area contributed by atoms with Crippen molar-refractivity contribution in [2.45, 2.75) is 45.8 Å². The summed E-state index contributed by atoms with van der Waals surface area (Å²) in [4.78, 5) is 5.87. The largest absolute Gasteiger partial charge is 0.378 e. The lowest BCUT2D eigenvalue weighted by molar-refractivity contribution is 0.0954. The summed E-state index contributed by atoms with van der Waals surface area (Å²) >= 11 is 1.77. The Morgan fingerprint density at radius 1 is 1.59 bits per heavy atom. The SMILES string of the molecule is Cc1nc(CC(NN)C2CCOC2C)sc1C. The minimum absolute atomic E-state index is 0.262. The van der Waals surface area contributed by atoms with Gasteiger partial charge >= 0.3 is 0 Å². The maximum Gasteiger partial charge on any atom is 0.0947 e. The smallest absolute Gasteiger partial charge is 0.0947 e. The Labute approximate surface area is 107 Å². The Bertz CT molecular complexity index is 360. The molecule has 3 unspecified atom stereocenters. The summed E-state index contributed by atoms with van der Waals surface area (Å²) in [7, 11) is 0. The molecule has 0 amide bonds. The molecule has 96 valence electrons. The molecule has 0 bridgehead atoms. The minimum Gasteiger partial charge on any atom is -0.378 e. The highest BCUT2D eigenvalue weighted by Crippen LogP contribution is 2.27. The van der Waals surface area contributed by atoms with E-state index in [1.807, 2.05) is 0 Å². The quantitative estimate of drug-likeness (QED) is 0.633. The van der Waals surface area contributed by atoms with Crippen LogP contribution in [0.3, 0.4) is 0 Å². The number of hydrogen-bond donors (Lipinski definition) is 2. The Balaban J connectivity index is 2.04. The Hall–Kier alpha value is -0.490. The van der Waals surface area contributed by atoms with Crippen molar-refractivity contribution < 1.29 is 4.74 Å². The number of aryl methyl sites for hydroxylation is 2. The standard InChI is InChI=1S/C12H21N3OS/c1-7-9(3)17-12(14-7)6-11(15-13)10-4-5-16-8(10)2/h8,10-11,15H,4-6,13H2,1-3H3. The molecule has 0 saturated carbocycles. The average Bonchev–Trinajstić information content (AvgIpc) is 2.83. The van der Waals surface area contributed by atoms with Crippen molar-refractivity contribution in [2.24, 2.45) is 11.8 Å². The number of ether oxygens (including phenoxy) is 1. The normalized spacial score (nSPS) is 26.4. The molecule has 2 heterocycles. The van der Waals surface area contributed by atoms with Gasteiger partial charge in [-0.2, -0.15) is 0 Å². The van der Waals surface area contributed by atoms with Crippen molar-refractivity contribution in [2.75, 3.05) is 6.61 Å². The molecular formula is C12H21N3OS. The van der Waals surface area contributed by atoms with Gasteiger partial charge in [-0.1, -0.05) is 0 Å².